The number of hydrogen-bond donors (Lipinski definition) is 2. The number of carbonyl (C=O) groups is 2. The Bertz CT molecular complexity index is 1910. The number of esters is 1. The first-order chi connectivity index (χ1) is 38.4. The number of rotatable bonds is 53. The van der Waals surface area contributed by atoms with Crippen LogP contribution in [-0.4, -0.2) is 74.3 Å². The molecular weight excluding hydrogens is 1000 g/mol. The van der Waals surface area contributed by atoms with Gasteiger partial charge in [0.25, 0.3) is 0 Å². The van der Waals surface area contributed by atoms with E-state index in [0.29, 0.717) is 23.9 Å². The Balaban J connectivity index is 5.41. The highest BCUT2D eigenvalue weighted by molar-refractivity contribution is 7.47. The van der Waals surface area contributed by atoms with Gasteiger partial charge >= 0.3 is 13.8 Å². The van der Waals surface area contributed by atoms with Gasteiger partial charge in [0.1, 0.15) is 19.3 Å². The third kappa shape index (κ3) is 58.1. The fraction of sp³-hybridized carbons (Fsp3) is 0.594. The summed E-state index contributed by atoms with van der Waals surface area (Å²) < 4.78 is 30.6. The number of allylic oxidation sites excluding steroid dienone is 25. The van der Waals surface area contributed by atoms with E-state index in [1.165, 1.54) is 44.9 Å². The number of carbonyl (C=O) groups excluding carboxylic acids is 2. The monoisotopic (exact) mass is 1110 g/mol. The first kappa shape index (κ1) is 74.6. The maximum Gasteiger partial charge on any atom is 0.472 e. The van der Waals surface area contributed by atoms with Gasteiger partial charge in [0, 0.05) is 12.8 Å². The number of unbranched alkanes of at least 4 members (excludes halogenated alkanes) is 13. The van der Waals surface area contributed by atoms with Gasteiger partial charge in [-0.3, -0.25) is 18.6 Å². The maximum absolute atomic E-state index is 13.5. The van der Waals surface area contributed by atoms with Gasteiger partial charge in [0.2, 0.25) is 5.91 Å². The molecular formula is C69H114N2O7P+. The van der Waals surface area contributed by atoms with Crippen LogP contribution in [0.1, 0.15) is 213 Å². The van der Waals surface area contributed by atoms with Gasteiger partial charge < -0.3 is 19.4 Å². The lowest BCUT2D eigenvalue weighted by Crippen LogP contribution is -2.47. The van der Waals surface area contributed by atoms with Crippen LogP contribution in [0.5, 0.6) is 0 Å². The molecule has 0 aliphatic carbocycles. The van der Waals surface area contributed by atoms with Crippen molar-refractivity contribution in [3.8, 4) is 0 Å². The number of nitrogens with zero attached hydrogens (tertiary/aromatic N) is 1. The van der Waals surface area contributed by atoms with Crippen molar-refractivity contribution >= 4 is 19.7 Å². The number of hydrogen-bond acceptors (Lipinski definition) is 6. The van der Waals surface area contributed by atoms with Gasteiger partial charge in [0.05, 0.1) is 33.8 Å². The summed E-state index contributed by atoms with van der Waals surface area (Å²) in [7, 11) is 1.41. The average molecular weight is 1110 g/mol. The standard InChI is InChI=1S/C69H113N2O7P/c1-7-10-13-16-19-22-25-27-29-31-33-35-37-39-41-43-46-49-52-55-58-61-68(72)70-66(65-77-79(74,75)76-64-63-71(4,5)6)67(60-57-54-51-48-45-24-21-18-15-12-9-3)78-69(73)62-59-56-53-50-47-44-42-40-38-36-34-32-30-28-26-23-20-17-14-11-8-2/h10-11,13-14,19-20,22-23,27-30,33-36,39-42,46-47,49-50,57,60,66-67H,7-9,12,15-18,21,24-26,31-32,37-38,43-45,48,51-56,58-59,61-65H2,1-6H3,(H-,70,72,74,75)/p+1/b13-10-,14-11-,22-19-,23-20-,29-27-,30-28-,35-33-,36-34-,41-39-,42-40-,49-46-,50-47-,60-57+. The molecule has 0 fully saturated rings. The molecule has 0 rings (SSSR count). The number of quaternary nitrogens is 1. The van der Waals surface area contributed by atoms with Gasteiger partial charge in [-0.2, -0.15) is 0 Å². The molecule has 0 aromatic rings. The van der Waals surface area contributed by atoms with Crippen LogP contribution in [0.3, 0.4) is 0 Å². The first-order valence-electron chi connectivity index (χ1n) is 30.8. The van der Waals surface area contributed by atoms with E-state index in [9.17, 15) is 19.0 Å². The summed E-state index contributed by atoms with van der Waals surface area (Å²) in [5.74, 6) is -0.623. The number of nitrogens with one attached hydrogen (secondary N) is 1. The molecule has 1 amide bonds. The minimum Gasteiger partial charge on any atom is -0.456 e. The van der Waals surface area contributed by atoms with Crippen molar-refractivity contribution in [2.24, 2.45) is 0 Å². The fourth-order valence-electron chi connectivity index (χ4n) is 7.77. The smallest absolute Gasteiger partial charge is 0.456 e. The van der Waals surface area contributed by atoms with E-state index in [-0.39, 0.29) is 37.9 Å². The van der Waals surface area contributed by atoms with Crippen molar-refractivity contribution < 1.29 is 37.3 Å². The summed E-state index contributed by atoms with van der Waals surface area (Å²) in [5, 5.41) is 3.01. The Labute approximate surface area is 484 Å². The van der Waals surface area contributed by atoms with E-state index in [1.807, 2.05) is 33.3 Å². The number of amides is 1. The van der Waals surface area contributed by atoms with Gasteiger partial charge in [-0.05, 0) is 134 Å². The van der Waals surface area contributed by atoms with Crippen LogP contribution < -0.4 is 5.32 Å². The molecule has 3 atom stereocenters. The van der Waals surface area contributed by atoms with Crippen molar-refractivity contribution in [2.45, 2.75) is 226 Å². The van der Waals surface area contributed by atoms with Crippen LogP contribution in [0, 0.1) is 0 Å². The van der Waals surface area contributed by atoms with Crippen LogP contribution >= 0.6 is 7.82 Å². The van der Waals surface area contributed by atoms with Crippen molar-refractivity contribution in [3.63, 3.8) is 0 Å². The predicted molar refractivity (Wildman–Crippen MR) is 341 cm³/mol. The molecule has 2 N–H and O–H groups in total. The van der Waals surface area contributed by atoms with Crippen LogP contribution in [0.15, 0.2) is 158 Å². The molecule has 0 radical (unpaired) electrons. The lowest BCUT2D eigenvalue weighted by molar-refractivity contribution is -0.870. The van der Waals surface area contributed by atoms with Gasteiger partial charge in [0.15, 0.2) is 0 Å². The van der Waals surface area contributed by atoms with E-state index in [4.69, 9.17) is 13.8 Å². The third-order valence-electron chi connectivity index (χ3n) is 12.5. The number of ether oxygens (including phenoxy) is 1. The highest BCUT2D eigenvalue weighted by atomic mass is 31.2. The van der Waals surface area contributed by atoms with E-state index in [2.05, 4.69) is 172 Å². The quantitative estimate of drug-likeness (QED) is 0.0205. The maximum atomic E-state index is 13.5. The number of likely N-dealkylation sites (N-methyl/N-ethyl adjacent to an activating group) is 1. The zero-order chi connectivity index (χ0) is 57.9. The summed E-state index contributed by atoms with van der Waals surface area (Å²) >= 11 is 0. The second kappa shape index (κ2) is 56.9. The Hall–Kier alpha value is -4.37. The highest BCUT2D eigenvalue weighted by Crippen LogP contribution is 2.43. The van der Waals surface area contributed by atoms with Gasteiger partial charge in [-0.25, -0.2) is 4.57 Å². The number of phosphoric acid groups is 1. The van der Waals surface area contributed by atoms with Crippen LogP contribution in [0.2, 0.25) is 0 Å². The Morgan fingerprint density at radius 2 is 0.810 bits per heavy atom. The molecule has 0 aliphatic rings. The molecule has 446 valence electrons. The normalized spacial score (nSPS) is 14.8. The summed E-state index contributed by atoms with van der Waals surface area (Å²) in [4.78, 5) is 37.7. The van der Waals surface area contributed by atoms with Gasteiger partial charge in [-0.15, -0.1) is 0 Å². The largest absolute Gasteiger partial charge is 0.472 e. The number of phosphoric ester groups is 1. The molecule has 0 bridgehead atoms. The predicted octanol–water partition coefficient (Wildman–Crippen LogP) is 19.2. The zero-order valence-electron chi connectivity index (χ0n) is 50.8. The molecule has 0 aromatic carbocycles. The van der Waals surface area contributed by atoms with Crippen LogP contribution in [-0.2, 0) is 27.9 Å². The Morgan fingerprint density at radius 1 is 0.456 bits per heavy atom. The lowest BCUT2D eigenvalue weighted by Gasteiger charge is -2.27. The Morgan fingerprint density at radius 3 is 1.22 bits per heavy atom. The first-order valence-corrected chi connectivity index (χ1v) is 32.3. The molecule has 0 aliphatic heterocycles. The lowest BCUT2D eigenvalue weighted by atomic mass is 10.1. The molecule has 0 heterocycles. The molecule has 79 heavy (non-hydrogen) atoms. The Kier molecular flexibility index (Phi) is 53.7. The molecule has 0 spiro atoms. The second-order valence-corrected chi connectivity index (χ2v) is 22.6. The van der Waals surface area contributed by atoms with Crippen molar-refractivity contribution in [2.75, 3.05) is 40.9 Å². The molecule has 10 heteroatoms. The third-order valence-corrected chi connectivity index (χ3v) is 13.4. The van der Waals surface area contributed by atoms with Gasteiger partial charge in [-0.1, -0.05) is 224 Å². The van der Waals surface area contributed by atoms with E-state index < -0.39 is 20.0 Å². The average Bonchev–Trinajstić information content (AvgIpc) is 3.41. The molecule has 9 nitrogen and oxygen atoms in total. The summed E-state index contributed by atoms with van der Waals surface area (Å²) in [6.45, 7) is 6.68. The van der Waals surface area contributed by atoms with Crippen molar-refractivity contribution in [1.82, 2.24) is 5.32 Å². The molecule has 0 saturated carbocycles. The SMILES string of the molecule is CC/C=C\C/C=C\C/C=C\C/C=C\C/C=C\C/C=C\CCCCC(=O)NC(COP(=O)(O)OCC[N+](C)(C)C)C(/C=C/CCCCCCCCCCC)OC(=O)CCCC/C=C\C/C=C\C/C=C\C/C=C\C/C=C\C/C=C\CC. The second-order valence-electron chi connectivity index (χ2n) is 21.1. The summed E-state index contributed by atoms with van der Waals surface area (Å²) in [6.07, 6.45) is 84.0. The topological polar surface area (TPSA) is 111 Å². The fourth-order valence-corrected chi connectivity index (χ4v) is 8.50. The molecule has 0 aromatic heterocycles. The highest BCUT2D eigenvalue weighted by Gasteiger charge is 2.30. The summed E-state index contributed by atoms with van der Waals surface area (Å²) in [6, 6.07) is -0.902. The minimum atomic E-state index is -4.48. The van der Waals surface area contributed by atoms with E-state index in [1.54, 1.807) is 0 Å². The molecule has 3 unspecified atom stereocenters. The molecule has 0 saturated heterocycles. The van der Waals surface area contributed by atoms with Crippen LogP contribution in [0.25, 0.3) is 0 Å². The van der Waals surface area contributed by atoms with E-state index >= 15 is 0 Å². The minimum absolute atomic E-state index is 0.0146. The summed E-state index contributed by atoms with van der Waals surface area (Å²) in [5.41, 5.74) is 0. The zero-order valence-corrected chi connectivity index (χ0v) is 51.7. The van der Waals surface area contributed by atoms with E-state index in [0.717, 1.165) is 122 Å². The van der Waals surface area contributed by atoms with Crippen molar-refractivity contribution in [1.29, 1.82) is 0 Å². The van der Waals surface area contributed by atoms with Crippen LogP contribution in [0.4, 0.5) is 0 Å². The van der Waals surface area contributed by atoms with Crippen molar-refractivity contribution in [3.05, 3.63) is 158 Å².